The second-order valence-corrected chi connectivity index (χ2v) is 8.44. The Hall–Kier alpha value is -2.49. The molecule has 0 saturated heterocycles. The van der Waals surface area contributed by atoms with E-state index in [2.05, 4.69) is 13.2 Å². The van der Waals surface area contributed by atoms with E-state index in [-0.39, 0.29) is 50.1 Å². The van der Waals surface area contributed by atoms with Crippen molar-refractivity contribution in [1.29, 1.82) is 0 Å². The molecule has 0 heterocycles. The highest BCUT2D eigenvalue weighted by Gasteiger charge is 2.20. The molecular weight excluding hydrogens is 412 g/mol. The fourth-order valence-electron chi connectivity index (χ4n) is 2.05. The highest BCUT2D eigenvalue weighted by Crippen LogP contribution is 2.15. The van der Waals surface area contributed by atoms with Gasteiger partial charge in [0.15, 0.2) is 9.84 Å². The first kappa shape index (κ1) is 25.5. The predicted molar refractivity (Wildman–Crippen MR) is 111 cm³/mol. The van der Waals surface area contributed by atoms with Gasteiger partial charge in [0, 0.05) is 11.1 Å². The summed E-state index contributed by atoms with van der Waals surface area (Å²) in [5.74, 6) is -1.77. The van der Waals surface area contributed by atoms with Gasteiger partial charge in [0.1, 0.15) is 13.2 Å². The Morgan fingerprint density at radius 2 is 1.30 bits per heavy atom. The third-order valence-electron chi connectivity index (χ3n) is 3.68. The fourth-order valence-corrected chi connectivity index (χ4v) is 3.35. The number of ether oxygens (including phenoxy) is 4. The molecule has 0 bridgehead atoms. The van der Waals surface area contributed by atoms with Crippen LogP contribution in [0.4, 0.5) is 0 Å². The minimum absolute atomic E-state index is 0.0430. The molecule has 0 aliphatic heterocycles. The zero-order valence-corrected chi connectivity index (χ0v) is 18.2. The molecule has 30 heavy (non-hydrogen) atoms. The Morgan fingerprint density at radius 1 is 0.833 bits per heavy atom. The molecule has 0 radical (unpaired) electrons. The number of hydrogen-bond acceptors (Lipinski definition) is 8. The van der Waals surface area contributed by atoms with E-state index in [1.807, 2.05) is 6.92 Å². The Bertz CT molecular complexity index is 840. The summed E-state index contributed by atoms with van der Waals surface area (Å²) in [5, 5.41) is 0. The van der Waals surface area contributed by atoms with Gasteiger partial charge in [0.2, 0.25) is 0 Å². The highest BCUT2D eigenvalue weighted by molar-refractivity contribution is 7.91. The third-order valence-corrected chi connectivity index (χ3v) is 5.39. The number of carbonyl (C=O) groups excluding carboxylic acids is 2. The molecule has 0 spiro atoms. The van der Waals surface area contributed by atoms with E-state index in [0.29, 0.717) is 5.57 Å². The molecule has 0 aromatic heterocycles. The average Bonchev–Trinajstić information content (AvgIpc) is 2.68. The number of hydrogen-bond donors (Lipinski definition) is 0. The van der Waals surface area contributed by atoms with E-state index in [1.54, 1.807) is 19.1 Å². The van der Waals surface area contributed by atoms with Gasteiger partial charge in [-0.1, -0.05) is 30.9 Å². The maximum absolute atomic E-state index is 12.3. The van der Waals surface area contributed by atoms with E-state index in [4.69, 9.17) is 18.9 Å². The SMILES string of the molecule is C=C(C)C(=O)OCCOCCOCCOC(=O)C(=C)CS(=O)(=O)c1ccc(C)cc1. The summed E-state index contributed by atoms with van der Waals surface area (Å²) in [5.41, 5.74) is 1.11. The monoisotopic (exact) mass is 440 g/mol. The molecule has 0 amide bonds. The number of rotatable bonds is 14. The van der Waals surface area contributed by atoms with Crippen LogP contribution in [0.2, 0.25) is 0 Å². The van der Waals surface area contributed by atoms with Crippen LogP contribution in [0.15, 0.2) is 53.5 Å². The maximum Gasteiger partial charge on any atom is 0.334 e. The average molecular weight is 441 g/mol. The summed E-state index contributed by atoms with van der Waals surface area (Å²) in [6.45, 7) is 11.3. The highest BCUT2D eigenvalue weighted by atomic mass is 32.2. The molecule has 0 aliphatic carbocycles. The molecule has 1 aromatic rings. The third kappa shape index (κ3) is 9.82. The largest absolute Gasteiger partial charge is 0.460 e. The van der Waals surface area contributed by atoms with Crippen LogP contribution < -0.4 is 0 Å². The molecule has 0 atom stereocenters. The first-order valence-corrected chi connectivity index (χ1v) is 10.9. The lowest BCUT2D eigenvalue weighted by Crippen LogP contribution is -2.19. The van der Waals surface area contributed by atoms with E-state index in [9.17, 15) is 18.0 Å². The minimum atomic E-state index is -3.67. The number of esters is 2. The summed E-state index contributed by atoms with van der Waals surface area (Å²) < 4.78 is 44.9. The van der Waals surface area contributed by atoms with Crippen molar-refractivity contribution in [3.8, 4) is 0 Å². The van der Waals surface area contributed by atoms with Crippen molar-refractivity contribution in [3.05, 3.63) is 54.1 Å². The Balaban J connectivity index is 2.15. The first-order valence-electron chi connectivity index (χ1n) is 9.26. The van der Waals surface area contributed by atoms with Crippen molar-refractivity contribution in [2.24, 2.45) is 0 Å². The Morgan fingerprint density at radius 3 is 1.80 bits per heavy atom. The standard InChI is InChI=1S/C21H28O8S/c1-16(2)20(22)28-13-11-26-9-10-27-12-14-29-21(23)18(4)15-30(24,25)19-7-5-17(3)6-8-19/h5-8H,1,4,9-15H2,2-3H3. The number of benzene rings is 1. The molecule has 1 rings (SSSR count). The summed E-state index contributed by atoms with van der Waals surface area (Å²) >= 11 is 0. The lowest BCUT2D eigenvalue weighted by molar-refractivity contribution is -0.142. The molecule has 0 aliphatic rings. The molecule has 9 heteroatoms. The van der Waals surface area contributed by atoms with Gasteiger partial charge in [0.25, 0.3) is 0 Å². The molecule has 0 N–H and O–H groups in total. The van der Waals surface area contributed by atoms with Gasteiger partial charge in [-0.25, -0.2) is 18.0 Å². The van der Waals surface area contributed by atoms with Crippen LogP contribution in [-0.4, -0.2) is 65.8 Å². The normalized spacial score (nSPS) is 11.0. The predicted octanol–water partition coefficient (Wildman–Crippen LogP) is 2.02. The maximum atomic E-state index is 12.3. The van der Waals surface area contributed by atoms with Gasteiger partial charge in [-0.3, -0.25) is 0 Å². The summed E-state index contributed by atoms with van der Waals surface area (Å²) in [4.78, 5) is 23.2. The van der Waals surface area contributed by atoms with Crippen LogP contribution in [0.1, 0.15) is 12.5 Å². The second kappa shape index (κ2) is 12.9. The molecule has 1 aromatic carbocycles. The van der Waals surface area contributed by atoms with Gasteiger partial charge >= 0.3 is 11.9 Å². The first-order chi connectivity index (χ1) is 14.1. The van der Waals surface area contributed by atoms with Crippen LogP contribution in [0, 0.1) is 6.92 Å². The molecule has 0 fully saturated rings. The number of carbonyl (C=O) groups is 2. The Labute approximate surface area is 177 Å². The van der Waals surface area contributed by atoms with Crippen LogP contribution >= 0.6 is 0 Å². The topological polar surface area (TPSA) is 105 Å². The smallest absolute Gasteiger partial charge is 0.334 e. The van der Waals surface area contributed by atoms with Gasteiger partial charge in [-0.2, -0.15) is 0 Å². The van der Waals surface area contributed by atoms with Crippen molar-refractivity contribution < 1.29 is 37.0 Å². The fraction of sp³-hybridized carbons (Fsp3) is 0.429. The number of aryl methyl sites for hydroxylation is 1. The van der Waals surface area contributed by atoms with E-state index < -0.39 is 27.5 Å². The lowest BCUT2D eigenvalue weighted by Gasteiger charge is -2.09. The van der Waals surface area contributed by atoms with Gasteiger partial charge < -0.3 is 18.9 Å². The Kier molecular flexibility index (Phi) is 11.0. The van der Waals surface area contributed by atoms with Crippen LogP contribution in [0.3, 0.4) is 0 Å². The summed E-state index contributed by atoms with van der Waals surface area (Å²) in [6, 6.07) is 6.35. The van der Waals surface area contributed by atoms with Crippen molar-refractivity contribution in [3.63, 3.8) is 0 Å². The van der Waals surface area contributed by atoms with E-state index in [1.165, 1.54) is 12.1 Å². The van der Waals surface area contributed by atoms with Crippen molar-refractivity contribution in [1.82, 2.24) is 0 Å². The zero-order valence-electron chi connectivity index (χ0n) is 17.3. The quantitative estimate of drug-likeness (QED) is 0.246. The van der Waals surface area contributed by atoms with Gasteiger partial charge in [-0.15, -0.1) is 0 Å². The van der Waals surface area contributed by atoms with E-state index in [0.717, 1.165) is 5.56 Å². The van der Waals surface area contributed by atoms with E-state index >= 15 is 0 Å². The second-order valence-electron chi connectivity index (χ2n) is 6.45. The van der Waals surface area contributed by atoms with Crippen LogP contribution in [0.5, 0.6) is 0 Å². The molecule has 166 valence electrons. The van der Waals surface area contributed by atoms with Crippen LogP contribution in [-0.2, 0) is 38.4 Å². The van der Waals surface area contributed by atoms with Crippen molar-refractivity contribution >= 4 is 21.8 Å². The van der Waals surface area contributed by atoms with Gasteiger partial charge in [-0.05, 0) is 26.0 Å². The molecule has 0 saturated carbocycles. The lowest BCUT2D eigenvalue weighted by atomic mass is 10.2. The molecule has 0 unspecified atom stereocenters. The number of sulfone groups is 1. The van der Waals surface area contributed by atoms with Gasteiger partial charge in [0.05, 0.1) is 37.1 Å². The van der Waals surface area contributed by atoms with Crippen molar-refractivity contribution in [2.45, 2.75) is 18.7 Å². The molecular formula is C21H28O8S. The molecule has 8 nitrogen and oxygen atoms in total. The van der Waals surface area contributed by atoms with Crippen molar-refractivity contribution in [2.75, 3.05) is 45.4 Å². The minimum Gasteiger partial charge on any atom is -0.460 e. The van der Waals surface area contributed by atoms with Crippen LogP contribution in [0.25, 0.3) is 0 Å². The summed E-state index contributed by atoms with van der Waals surface area (Å²) in [7, 11) is -3.67. The zero-order chi connectivity index (χ0) is 22.6. The summed E-state index contributed by atoms with van der Waals surface area (Å²) in [6.07, 6.45) is 0.